The van der Waals surface area contributed by atoms with E-state index in [4.69, 9.17) is 26.2 Å². The van der Waals surface area contributed by atoms with Crippen LogP contribution in [0.25, 0.3) is 0 Å². The minimum atomic E-state index is -1.18. The number of nitrogens with zero attached hydrogens (tertiary/aromatic N) is 2. The van der Waals surface area contributed by atoms with Gasteiger partial charge in [-0.2, -0.15) is 0 Å². The number of alkyl halides is 1. The van der Waals surface area contributed by atoms with Gasteiger partial charge in [-0.25, -0.2) is 0 Å². The number of allylic oxidation sites excluding steroid dienone is 1. The summed E-state index contributed by atoms with van der Waals surface area (Å²) in [7, 11) is 0. The zero-order valence-corrected chi connectivity index (χ0v) is 25.0. The molecule has 2 amide bonds. The Labute approximate surface area is 249 Å². The highest BCUT2D eigenvalue weighted by atomic mass is 79.9. The first-order valence-corrected chi connectivity index (χ1v) is 15.3. The van der Waals surface area contributed by atoms with E-state index in [-0.39, 0.29) is 36.4 Å². The predicted octanol–water partition coefficient (Wildman–Crippen LogP) is 4.67. The topological polar surface area (TPSA) is 96.4 Å². The second kappa shape index (κ2) is 13.6. The van der Waals surface area contributed by atoms with Crippen molar-refractivity contribution < 1.29 is 29.0 Å². The van der Waals surface area contributed by atoms with E-state index in [1.54, 1.807) is 46.2 Å². The van der Waals surface area contributed by atoms with E-state index in [0.717, 1.165) is 12.8 Å². The van der Waals surface area contributed by atoms with E-state index in [1.807, 2.05) is 0 Å². The average molecular weight is 638 g/mol. The van der Waals surface area contributed by atoms with E-state index < -0.39 is 35.6 Å². The highest BCUT2D eigenvalue weighted by Gasteiger charge is 2.77. The Bertz CT molecular complexity index is 1120. The quantitative estimate of drug-likeness (QED) is 0.130. The van der Waals surface area contributed by atoms with Crippen LogP contribution in [0, 0.1) is 11.8 Å². The Morgan fingerprint density at radius 2 is 1.95 bits per heavy atom. The molecule has 1 aromatic carbocycles. The fraction of sp³-hybridized carbons (Fsp3) is 0.567. The molecule has 218 valence electrons. The zero-order valence-electron chi connectivity index (χ0n) is 22.7. The molecule has 3 saturated heterocycles. The number of carbonyl (C=O) groups excluding carboxylic acids is 3. The largest absolute Gasteiger partial charge is 0.465 e. The number of benzene rings is 1. The Kier molecular flexibility index (Phi) is 10.5. The number of hydrogen-bond acceptors (Lipinski definition) is 6. The Morgan fingerprint density at radius 3 is 2.65 bits per heavy atom. The molecule has 3 fully saturated rings. The summed E-state index contributed by atoms with van der Waals surface area (Å²) in [5, 5.41) is 9.56. The van der Waals surface area contributed by atoms with Crippen molar-refractivity contribution in [2.24, 2.45) is 11.8 Å². The van der Waals surface area contributed by atoms with E-state index in [9.17, 15) is 14.4 Å². The standard InChI is InChI=1S/C30H38BrClN2O6/c1-3-5-12-18-39-29(38)23-24-27(36)34(16-10-6-7-11-17-35)26(30(24)19-20(31)25(23)40-30)28(37)33(15-4-2)22-14-9-8-13-21(22)32/h3-4,8-9,13-14,20,23-26,35H,1-2,5-7,10-12,15-19H2/t20?,23-,24+,25-,26?,30?/m1/s1. The van der Waals surface area contributed by atoms with E-state index in [0.29, 0.717) is 49.4 Å². The summed E-state index contributed by atoms with van der Waals surface area (Å²) < 4.78 is 12.2. The number of fused-ring (bicyclic) bond motifs is 1. The number of aliphatic hydroxyl groups is 1. The second-order valence-corrected chi connectivity index (χ2v) is 12.2. The molecule has 2 bridgehead atoms. The highest BCUT2D eigenvalue weighted by molar-refractivity contribution is 9.09. The SMILES string of the molecule is C=CCCCOC(=O)[C@H]1[C@@H]2OC3(CC2Br)C(C(=O)N(CC=C)c2ccccc2Cl)N(CCCCCCO)C(=O)[C@H]13. The van der Waals surface area contributed by atoms with Gasteiger partial charge in [0, 0.05) is 24.5 Å². The van der Waals surface area contributed by atoms with Crippen molar-refractivity contribution in [3.8, 4) is 0 Å². The summed E-state index contributed by atoms with van der Waals surface area (Å²) in [4.78, 5) is 45.0. The molecule has 3 heterocycles. The maximum Gasteiger partial charge on any atom is 0.312 e. The first-order chi connectivity index (χ1) is 19.3. The van der Waals surface area contributed by atoms with Crippen LogP contribution in [0.2, 0.25) is 5.02 Å². The molecule has 0 aromatic heterocycles. The van der Waals surface area contributed by atoms with Crippen molar-refractivity contribution in [3.63, 3.8) is 0 Å². The molecule has 10 heteroatoms. The lowest BCUT2D eigenvalue weighted by Gasteiger charge is -2.37. The number of aliphatic hydroxyl groups excluding tert-OH is 1. The fourth-order valence-corrected chi connectivity index (χ4v) is 7.60. The predicted molar refractivity (Wildman–Crippen MR) is 157 cm³/mol. The van der Waals surface area contributed by atoms with Crippen LogP contribution in [0.4, 0.5) is 5.69 Å². The number of hydrogen-bond donors (Lipinski definition) is 1. The maximum absolute atomic E-state index is 14.5. The van der Waals surface area contributed by atoms with Crippen LogP contribution in [0.15, 0.2) is 49.6 Å². The number of carbonyl (C=O) groups is 3. The zero-order chi connectivity index (χ0) is 28.9. The number of halogens is 2. The lowest BCUT2D eigenvalue weighted by Crippen LogP contribution is -2.57. The summed E-state index contributed by atoms with van der Waals surface area (Å²) in [6, 6.07) is 6.12. The maximum atomic E-state index is 14.5. The van der Waals surface area contributed by atoms with Gasteiger partial charge < -0.3 is 24.4 Å². The summed E-state index contributed by atoms with van der Waals surface area (Å²) in [6.07, 6.45) is 7.53. The smallest absolute Gasteiger partial charge is 0.312 e. The lowest BCUT2D eigenvalue weighted by atomic mass is 9.70. The Morgan fingerprint density at radius 1 is 1.20 bits per heavy atom. The molecule has 1 aromatic rings. The monoisotopic (exact) mass is 636 g/mol. The highest BCUT2D eigenvalue weighted by Crippen LogP contribution is 2.60. The lowest BCUT2D eigenvalue weighted by molar-refractivity contribution is -0.155. The first kappa shape index (κ1) is 30.8. The van der Waals surface area contributed by atoms with Gasteiger partial charge in [-0.15, -0.1) is 13.2 Å². The van der Waals surface area contributed by atoms with Crippen molar-refractivity contribution in [2.75, 3.05) is 31.2 Å². The summed E-state index contributed by atoms with van der Waals surface area (Å²) in [5.41, 5.74) is -0.658. The second-order valence-electron chi connectivity index (χ2n) is 10.6. The Balaban J connectivity index is 1.69. The number of ether oxygens (including phenoxy) is 2. The summed E-state index contributed by atoms with van der Waals surface area (Å²) >= 11 is 10.2. The van der Waals surface area contributed by atoms with Gasteiger partial charge in [-0.3, -0.25) is 14.4 Å². The van der Waals surface area contributed by atoms with Gasteiger partial charge in [0.15, 0.2) is 0 Å². The van der Waals surface area contributed by atoms with Gasteiger partial charge in [-0.1, -0.05) is 64.7 Å². The molecule has 3 aliphatic heterocycles. The molecular weight excluding hydrogens is 600 g/mol. The van der Waals surface area contributed by atoms with Crippen LogP contribution in [-0.4, -0.2) is 76.7 Å². The van der Waals surface area contributed by atoms with Crippen LogP contribution < -0.4 is 4.90 Å². The molecule has 3 unspecified atom stereocenters. The number of unbranched alkanes of at least 4 members (excludes halogenated alkanes) is 4. The number of esters is 1. The molecule has 0 saturated carbocycles. The summed E-state index contributed by atoms with van der Waals surface area (Å²) in [6.45, 7) is 8.40. The van der Waals surface area contributed by atoms with Crippen LogP contribution >= 0.6 is 27.5 Å². The third-order valence-corrected chi connectivity index (χ3v) is 9.28. The average Bonchev–Trinajstić information content (AvgIpc) is 3.53. The van der Waals surface area contributed by atoms with E-state index in [1.165, 1.54) is 0 Å². The molecule has 1 N–H and O–H groups in total. The van der Waals surface area contributed by atoms with Gasteiger partial charge in [0.05, 0.1) is 35.3 Å². The van der Waals surface area contributed by atoms with Gasteiger partial charge in [0.1, 0.15) is 11.6 Å². The van der Waals surface area contributed by atoms with Crippen LogP contribution in [0.1, 0.15) is 44.9 Å². The molecule has 6 atom stereocenters. The molecule has 3 aliphatic rings. The van der Waals surface area contributed by atoms with E-state index in [2.05, 4.69) is 29.1 Å². The summed E-state index contributed by atoms with van der Waals surface area (Å²) in [5.74, 6) is -2.67. The number of amides is 2. The molecule has 0 radical (unpaired) electrons. The van der Waals surface area contributed by atoms with Crippen LogP contribution in [0.3, 0.4) is 0 Å². The molecule has 4 rings (SSSR count). The fourth-order valence-electron chi connectivity index (χ4n) is 6.42. The number of para-hydroxylation sites is 1. The van der Waals surface area contributed by atoms with Gasteiger partial charge in [-0.05, 0) is 44.2 Å². The van der Waals surface area contributed by atoms with Crippen LogP contribution in [0.5, 0.6) is 0 Å². The normalized spacial score (nSPS) is 28.4. The minimum absolute atomic E-state index is 0.113. The van der Waals surface area contributed by atoms with Gasteiger partial charge in [0.25, 0.3) is 5.91 Å². The molecule has 1 spiro atoms. The number of anilines is 1. The van der Waals surface area contributed by atoms with Crippen molar-refractivity contribution in [2.45, 2.75) is 67.5 Å². The first-order valence-electron chi connectivity index (χ1n) is 14.0. The minimum Gasteiger partial charge on any atom is -0.465 e. The molecule has 0 aliphatic carbocycles. The van der Waals surface area contributed by atoms with E-state index >= 15 is 0 Å². The number of likely N-dealkylation sites (tertiary alicyclic amines) is 1. The third-order valence-electron chi connectivity index (χ3n) is 8.12. The molecule has 8 nitrogen and oxygen atoms in total. The van der Waals surface area contributed by atoms with Crippen LogP contribution in [-0.2, 0) is 23.9 Å². The van der Waals surface area contributed by atoms with Crippen molar-refractivity contribution >= 4 is 51.0 Å². The Hall–Kier alpha value is -2.20. The number of rotatable bonds is 15. The molecular formula is C30H38BrClN2O6. The van der Waals surface area contributed by atoms with Gasteiger partial charge >= 0.3 is 5.97 Å². The third kappa shape index (κ3) is 5.75. The van der Waals surface area contributed by atoms with Gasteiger partial charge in [0.2, 0.25) is 5.91 Å². The van der Waals surface area contributed by atoms with Crippen molar-refractivity contribution in [3.05, 3.63) is 54.6 Å². The van der Waals surface area contributed by atoms with Crippen molar-refractivity contribution in [1.82, 2.24) is 4.90 Å². The molecule has 40 heavy (non-hydrogen) atoms. The van der Waals surface area contributed by atoms with Crippen molar-refractivity contribution in [1.29, 1.82) is 0 Å².